The summed E-state index contributed by atoms with van der Waals surface area (Å²) in [4.78, 5) is 17.1. The Morgan fingerprint density at radius 1 is 1.45 bits per heavy atom. The number of nitrogens with one attached hydrogen (secondary N) is 2. The number of anilines is 1. The Labute approximate surface area is 113 Å². The van der Waals surface area contributed by atoms with Crippen molar-refractivity contribution in [3.8, 4) is 0 Å². The number of sulfonamides is 1. The number of aromatic nitrogens is 2. The molecule has 0 aliphatic rings. The van der Waals surface area contributed by atoms with Gasteiger partial charge in [0.05, 0.1) is 11.8 Å². The van der Waals surface area contributed by atoms with Gasteiger partial charge in [-0.05, 0) is 25.1 Å². The fourth-order valence-electron chi connectivity index (χ4n) is 1.50. The van der Waals surface area contributed by atoms with Gasteiger partial charge >= 0.3 is 5.97 Å². The topological polar surface area (TPSA) is 112 Å². The van der Waals surface area contributed by atoms with Crippen LogP contribution < -0.4 is 4.72 Å². The third kappa shape index (κ3) is 2.77. The first kappa shape index (κ1) is 14.0. The van der Waals surface area contributed by atoms with Gasteiger partial charge in [0.2, 0.25) is 0 Å². The number of halogens is 1. The van der Waals surface area contributed by atoms with Gasteiger partial charge in [-0.2, -0.15) is 8.42 Å². The maximum Gasteiger partial charge on any atom is 0.338 e. The second-order valence-corrected chi connectivity index (χ2v) is 5.59. The highest BCUT2D eigenvalue weighted by Crippen LogP contribution is 2.18. The molecule has 106 valence electrons. The van der Waals surface area contributed by atoms with Gasteiger partial charge in [0.15, 0.2) is 5.03 Å². The number of carboxylic acid groups (broad SMARTS) is 1. The van der Waals surface area contributed by atoms with Crippen molar-refractivity contribution in [3.05, 3.63) is 41.6 Å². The zero-order valence-corrected chi connectivity index (χ0v) is 11.0. The summed E-state index contributed by atoms with van der Waals surface area (Å²) >= 11 is 0. The smallest absolute Gasteiger partial charge is 0.338 e. The van der Waals surface area contributed by atoms with Crippen LogP contribution in [0.15, 0.2) is 29.4 Å². The minimum atomic E-state index is -3.93. The summed E-state index contributed by atoms with van der Waals surface area (Å²) in [5, 5.41) is 8.61. The summed E-state index contributed by atoms with van der Waals surface area (Å²) in [6, 6.07) is 2.90. The normalized spacial score (nSPS) is 11.3. The molecule has 0 spiro atoms. The molecule has 7 nitrogen and oxygen atoms in total. The zero-order valence-electron chi connectivity index (χ0n) is 10.2. The van der Waals surface area contributed by atoms with E-state index in [0.717, 1.165) is 24.4 Å². The monoisotopic (exact) mass is 299 g/mol. The maximum absolute atomic E-state index is 13.2. The third-order valence-corrected chi connectivity index (χ3v) is 3.71. The van der Waals surface area contributed by atoms with E-state index in [9.17, 15) is 17.6 Å². The van der Waals surface area contributed by atoms with Gasteiger partial charge in [-0.25, -0.2) is 14.2 Å². The standard InChI is InChI=1S/C11H10FN3O4S/c1-6-13-5-10(14-6)20(18,19)15-7-2-3-9(12)8(4-7)11(16)17/h2-5,15H,1H3,(H,13,14)(H,16,17). The molecule has 20 heavy (non-hydrogen) atoms. The number of nitrogens with zero attached hydrogens (tertiary/aromatic N) is 1. The Hall–Kier alpha value is -2.42. The highest BCUT2D eigenvalue weighted by Gasteiger charge is 2.18. The summed E-state index contributed by atoms with van der Waals surface area (Å²) in [7, 11) is -3.93. The molecule has 0 fully saturated rings. The third-order valence-electron chi connectivity index (χ3n) is 2.42. The van der Waals surface area contributed by atoms with Crippen LogP contribution >= 0.6 is 0 Å². The van der Waals surface area contributed by atoms with Crippen LogP contribution in [0.3, 0.4) is 0 Å². The molecule has 0 saturated carbocycles. The summed E-state index contributed by atoms with van der Waals surface area (Å²) in [6.07, 6.45) is 1.12. The quantitative estimate of drug-likeness (QED) is 0.789. The van der Waals surface area contributed by atoms with Gasteiger partial charge in [0.25, 0.3) is 10.0 Å². The average Bonchev–Trinajstić information content (AvgIpc) is 2.78. The van der Waals surface area contributed by atoms with E-state index in [1.54, 1.807) is 6.92 Å². The van der Waals surface area contributed by atoms with Crippen LogP contribution in [0.5, 0.6) is 0 Å². The number of aromatic amines is 1. The number of hydrogen-bond acceptors (Lipinski definition) is 4. The molecule has 0 amide bonds. The molecule has 0 radical (unpaired) electrons. The van der Waals surface area contributed by atoms with Gasteiger partial charge in [-0.1, -0.05) is 0 Å². The number of carbonyl (C=O) groups is 1. The fraction of sp³-hybridized carbons (Fsp3) is 0.0909. The average molecular weight is 299 g/mol. The SMILES string of the molecule is Cc1ncc(S(=O)(=O)Nc2ccc(F)c(C(=O)O)c2)[nH]1. The van der Waals surface area contributed by atoms with E-state index >= 15 is 0 Å². The first-order chi connectivity index (χ1) is 9.29. The molecule has 1 aromatic heterocycles. The van der Waals surface area contributed by atoms with E-state index in [1.807, 2.05) is 0 Å². The van der Waals surface area contributed by atoms with E-state index in [0.29, 0.717) is 5.82 Å². The van der Waals surface area contributed by atoms with E-state index in [1.165, 1.54) is 0 Å². The van der Waals surface area contributed by atoms with Gasteiger partial charge in [-0.15, -0.1) is 0 Å². The molecule has 0 atom stereocenters. The highest BCUT2D eigenvalue weighted by molar-refractivity contribution is 7.92. The largest absolute Gasteiger partial charge is 0.478 e. The lowest BCUT2D eigenvalue weighted by Crippen LogP contribution is -2.14. The zero-order chi connectivity index (χ0) is 14.9. The van der Waals surface area contributed by atoms with E-state index < -0.39 is 27.4 Å². The predicted molar refractivity (Wildman–Crippen MR) is 67.5 cm³/mol. The molecule has 0 saturated heterocycles. The van der Waals surface area contributed by atoms with Crippen LogP contribution in [0.4, 0.5) is 10.1 Å². The van der Waals surface area contributed by atoms with Crippen molar-refractivity contribution >= 4 is 21.7 Å². The first-order valence-corrected chi connectivity index (χ1v) is 6.85. The molecular formula is C11H10FN3O4S. The summed E-state index contributed by atoms with van der Waals surface area (Å²) in [5.74, 6) is -2.02. The Kier molecular flexibility index (Phi) is 3.45. The Bertz CT molecular complexity index is 770. The summed E-state index contributed by atoms with van der Waals surface area (Å²) in [6.45, 7) is 1.58. The lowest BCUT2D eigenvalue weighted by molar-refractivity contribution is 0.0692. The Morgan fingerprint density at radius 2 is 2.15 bits per heavy atom. The second-order valence-electron chi connectivity index (χ2n) is 3.94. The number of benzene rings is 1. The number of H-pyrrole nitrogens is 1. The number of carboxylic acids is 1. The molecule has 0 bridgehead atoms. The van der Waals surface area contributed by atoms with Gasteiger partial charge in [0, 0.05) is 5.69 Å². The first-order valence-electron chi connectivity index (χ1n) is 5.37. The van der Waals surface area contributed by atoms with Crippen molar-refractivity contribution < 1.29 is 22.7 Å². The minimum absolute atomic E-state index is 0.0592. The number of imidazole rings is 1. The molecule has 9 heteroatoms. The highest BCUT2D eigenvalue weighted by atomic mass is 32.2. The van der Waals surface area contributed by atoms with Crippen molar-refractivity contribution in [2.24, 2.45) is 0 Å². The van der Waals surface area contributed by atoms with Crippen LogP contribution in [0.1, 0.15) is 16.2 Å². The molecule has 1 aromatic carbocycles. The molecule has 1 heterocycles. The lowest BCUT2D eigenvalue weighted by Gasteiger charge is -2.07. The van der Waals surface area contributed by atoms with Gasteiger partial charge < -0.3 is 10.1 Å². The molecule has 2 aromatic rings. The van der Waals surface area contributed by atoms with Gasteiger partial charge in [0.1, 0.15) is 11.6 Å². The van der Waals surface area contributed by atoms with Crippen molar-refractivity contribution in [2.45, 2.75) is 11.9 Å². The fourth-order valence-corrected chi connectivity index (χ4v) is 2.52. The van der Waals surface area contributed by atoms with Crippen LogP contribution in [-0.2, 0) is 10.0 Å². The van der Waals surface area contributed by atoms with Crippen molar-refractivity contribution in [3.63, 3.8) is 0 Å². The second kappa shape index (κ2) is 4.93. The van der Waals surface area contributed by atoms with E-state index in [-0.39, 0.29) is 10.7 Å². The minimum Gasteiger partial charge on any atom is -0.478 e. The molecule has 0 aliphatic heterocycles. The number of hydrogen-bond donors (Lipinski definition) is 3. The van der Waals surface area contributed by atoms with Crippen LogP contribution in [0.25, 0.3) is 0 Å². The number of aryl methyl sites for hydroxylation is 1. The number of aromatic carboxylic acids is 1. The molecular weight excluding hydrogens is 289 g/mol. The molecule has 3 N–H and O–H groups in total. The Morgan fingerprint density at radius 3 is 2.70 bits per heavy atom. The maximum atomic E-state index is 13.2. The van der Waals surface area contributed by atoms with E-state index in [4.69, 9.17) is 5.11 Å². The van der Waals surface area contributed by atoms with E-state index in [2.05, 4.69) is 14.7 Å². The van der Waals surface area contributed by atoms with Crippen LogP contribution in [0, 0.1) is 12.7 Å². The van der Waals surface area contributed by atoms with Crippen molar-refractivity contribution in [1.29, 1.82) is 0 Å². The molecule has 2 rings (SSSR count). The molecule has 0 aliphatic carbocycles. The predicted octanol–water partition coefficient (Wildman–Crippen LogP) is 1.36. The molecule has 0 unspecified atom stereocenters. The van der Waals surface area contributed by atoms with Crippen molar-refractivity contribution in [1.82, 2.24) is 9.97 Å². The Balaban J connectivity index is 2.35. The van der Waals surface area contributed by atoms with Crippen LogP contribution in [-0.4, -0.2) is 29.5 Å². The summed E-state index contributed by atoms with van der Waals surface area (Å²) in [5.41, 5.74) is -0.679. The van der Waals surface area contributed by atoms with Crippen LogP contribution in [0.2, 0.25) is 0 Å². The summed E-state index contributed by atoms with van der Waals surface area (Å²) < 4.78 is 39.3. The number of rotatable bonds is 4. The van der Waals surface area contributed by atoms with Crippen molar-refractivity contribution in [2.75, 3.05) is 4.72 Å². The van der Waals surface area contributed by atoms with Gasteiger partial charge in [-0.3, -0.25) is 4.72 Å². The lowest BCUT2D eigenvalue weighted by atomic mass is 10.2.